The summed E-state index contributed by atoms with van der Waals surface area (Å²) in [5, 5.41) is 3.98. The summed E-state index contributed by atoms with van der Waals surface area (Å²) in [6.07, 6.45) is 2.59. The number of urea groups is 1. The van der Waals surface area contributed by atoms with Crippen LogP contribution in [0.1, 0.15) is 31.4 Å². The van der Waals surface area contributed by atoms with Gasteiger partial charge in [-0.15, -0.1) is 0 Å². The molecule has 30 heavy (non-hydrogen) atoms. The number of fused-ring (bicyclic) bond motifs is 1. The van der Waals surface area contributed by atoms with Crippen LogP contribution in [0.5, 0.6) is 0 Å². The molecule has 1 fully saturated rings. The third kappa shape index (κ3) is 3.27. The zero-order valence-electron chi connectivity index (χ0n) is 17.5. The maximum atomic E-state index is 13.8. The second kappa shape index (κ2) is 8.32. The Morgan fingerprint density at radius 1 is 0.967 bits per heavy atom. The van der Waals surface area contributed by atoms with E-state index < -0.39 is 5.54 Å². The molecule has 6 heteroatoms. The average Bonchev–Trinajstić information content (AvgIpc) is 3.32. The molecule has 2 heterocycles. The smallest absolute Gasteiger partial charge is 0.325 e. The van der Waals surface area contributed by atoms with Gasteiger partial charge in [0.15, 0.2) is 5.54 Å². The van der Waals surface area contributed by atoms with Gasteiger partial charge < -0.3 is 15.2 Å². The fourth-order valence-electron chi connectivity index (χ4n) is 4.37. The molecule has 0 radical (unpaired) electrons. The fourth-order valence-corrected chi connectivity index (χ4v) is 4.37. The van der Waals surface area contributed by atoms with E-state index in [4.69, 9.17) is 0 Å². The van der Waals surface area contributed by atoms with Crippen LogP contribution in [-0.2, 0) is 10.3 Å². The summed E-state index contributed by atoms with van der Waals surface area (Å²) in [6, 6.07) is 17.0. The summed E-state index contributed by atoms with van der Waals surface area (Å²) in [5.41, 5.74) is 1.24. The van der Waals surface area contributed by atoms with Crippen LogP contribution in [0, 0.1) is 0 Å². The molecule has 1 aliphatic heterocycles. The van der Waals surface area contributed by atoms with Crippen molar-refractivity contribution in [3.8, 4) is 0 Å². The SMILES string of the molecule is CCN(CC)CCCN1C(=O)NC(c2ccccc2)(c2c[nH]c3ccccc23)C1=O. The van der Waals surface area contributed by atoms with Crippen LogP contribution in [0.15, 0.2) is 60.8 Å². The van der Waals surface area contributed by atoms with Gasteiger partial charge in [0.05, 0.1) is 0 Å². The van der Waals surface area contributed by atoms with Crippen molar-refractivity contribution in [2.24, 2.45) is 0 Å². The Hall–Kier alpha value is -3.12. The van der Waals surface area contributed by atoms with Crippen LogP contribution in [0.25, 0.3) is 10.9 Å². The van der Waals surface area contributed by atoms with Crippen LogP contribution < -0.4 is 5.32 Å². The van der Waals surface area contributed by atoms with Gasteiger partial charge in [-0.1, -0.05) is 62.4 Å². The van der Waals surface area contributed by atoms with Crippen molar-refractivity contribution >= 4 is 22.8 Å². The zero-order valence-corrected chi connectivity index (χ0v) is 17.5. The van der Waals surface area contributed by atoms with E-state index in [1.165, 1.54) is 4.90 Å². The van der Waals surface area contributed by atoms with Gasteiger partial charge in [0.2, 0.25) is 0 Å². The second-order valence-corrected chi connectivity index (χ2v) is 7.63. The van der Waals surface area contributed by atoms with Gasteiger partial charge in [0, 0.05) is 29.2 Å². The van der Waals surface area contributed by atoms with Crippen molar-refractivity contribution in [2.45, 2.75) is 25.8 Å². The summed E-state index contributed by atoms with van der Waals surface area (Å²) in [7, 11) is 0. The van der Waals surface area contributed by atoms with Crippen molar-refractivity contribution in [3.05, 3.63) is 71.9 Å². The predicted octanol–water partition coefficient (Wildman–Crippen LogP) is 3.70. The highest BCUT2D eigenvalue weighted by atomic mass is 16.2. The van der Waals surface area contributed by atoms with E-state index in [9.17, 15) is 9.59 Å². The topological polar surface area (TPSA) is 68.4 Å². The molecule has 2 aromatic carbocycles. The van der Waals surface area contributed by atoms with E-state index >= 15 is 0 Å². The van der Waals surface area contributed by atoms with E-state index in [0.717, 1.165) is 48.1 Å². The number of hydrogen-bond donors (Lipinski definition) is 2. The van der Waals surface area contributed by atoms with Gasteiger partial charge in [0.25, 0.3) is 5.91 Å². The summed E-state index contributed by atoms with van der Waals surface area (Å²) in [6.45, 7) is 7.41. The molecule has 1 unspecified atom stereocenters. The van der Waals surface area contributed by atoms with E-state index in [-0.39, 0.29) is 11.9 Å². The van der Waals surface area contributed by atoms with Gasteiger partial charge in [-0.25, -0.2) is 4.79 Å². The third-order valence-corrected chi connectivity index (χ3v) is 6.06. The van der Waals surface area contributed by atoms with Gasteiger partial charge in [-0.2, -0.15) is 0 Å². The van der Waals surface area contributed by atoms with Crippen molar-refractivity contribution < 1.29 is 9.59 Å². The second-order valence-electron chi connectivity index (χ2n) is 7.63. The largest absolute Gasteiger partial charge is 0.361 e. The van der Waals surface area contributed by atoms with Crippen LogP contribution in [-0.4, -0.2) is 52.9 Å². The number of nitrogens with one attached hydrogen (secondary N) is 2. The minimum Gasteiger partial charge on any atom is -0.361 e. The predicted molar refractivity (Wildman–Crippen MR) is 118 cm³/mol. The summed E-state index contributed by atoms with van der Waals surface area (Å²) in [5.74, 6) is -0.219. The Bertz CT molecular complexity index is 1040. The molecular formula is C24H28N4O2. The molecule has 2 N–H and O–H groups in total. The maximum Gasteiger partial charge on any atom is 0.325 e. The molecule has 1 aliphatic rings. The highest BCUT2D eigenvalue weighted by molar-refractivity contribution is 6.11. The molecule has 0 saturated carbocycles. The van der Waals surface area contributed by atoms with E-state index in [0.29, 0.717) is 6.54 Å². The minimum atomic E-state index is -1.23. The standard InChI is InChI=1S/C24H28N4O2/c1-3-27(4-2)15-10-16-28-22(29)24(26-23(28)30,18-11-6-5-7-12-18)20-17-25-21-14-9-8-13-19(20)21/h5-9,11-14,17,25H,3-4,10,15-16H2,1-2H3,(H,26,30). The number of imide groups is 1. The summed E-state index contributed by atoms with van der Waals surface area (Å²) in [4.78, 5) is 33.7. The number of aromatic amines is 1. The molecule has 0 aliphatic carbocycles. The molecule has 1 atom stereocenters. The molecule has 1 aromatic heterocycles. The van der Waals surface area contributed by atoms with Crippen molar-refractivity contribution in [2.75, 3.05) is 26.2 Å². The Kier molecular flexibility index (Phi) is 5.59. The number of carbonyl (C=O) groups excluding carboxylic acids is 2. The quantitative estimate of drug-likeness (QED) is 0.563. The third-order valence-electron chi connectivity index (χ3n) is 6.06. The van der Waals surface area contributed by atoms with Gasteiger partial charge in [-0.3, -0.25) is 9.69 Å². The van der Waals surface area contributed by atoms with Crippen LogP contribution in [0.2, 0.25) is 0 Å². The van der Waals surface area contributed by atoms with Gasteiger partial charge >= 0.3 is 6.03 Å². The first-order valence-corrected chi connectivity index (χ1v) is 10.6. The summed E-state index contributed by atoms with van der Waals surface area (Å²) < 4.78 is 0. The van der Waals surface area contributed by atoms with E-state index in [2.05, 4.69) is 29.0 Å². The van der Waals surface area contributed by atoms with Gasteiger partial charge in [-0.05, 0) is 37.7 Å². The number of para-hydroxylation sites is 1. The number of H-pyrrole nitrogens is 1. The molecule has 3 aromatic rings. The lowest BCUT2D eigenvalue weighted by Gasteiger charge is -2.27. The lowest BCUT2D eigenvalue weighted by molar-refractivity contribution is -0.130. The Morgan fingerprint density at radius 2 is 1.67 bits per heavy atom. The number of benzene rings is 2. The van der Waals surface area contributed by atoms with Crippen LogP contribution in [0.4, 0.5) is 4.79 Å². The molecule has 0 spiro atoms. The summed E-state index contributed by atoms with van der Waals surface area (Å²) >= 11 is 0. The first kappa shape index (κ1) is 20.2. The lowest BCUT2D eigenvalue weighted by atomic mass is 9.82. The highest BCUT2D eigenvalue weighted by Crippen LogP contribution is 2.39. The van der Waals surface area contributed by atoms with Crippen molar-refractivity contribution in [3.63, 3.8) is 0 Å². The van der Waals surface area contributed by atoms with Crippen LogP contribution >= 0.6 is 0 Å². The number of aromatic nitrogens is 1. The Labute approximate surface area is 176 Å². The molecule has 3 amide bonds. The molecule has 6 nitrogen and oxygen atoms in total. The Morgan fingerprint density at radius 3 is 2.40 bits per heavy atom. The highest BCUT2D eigenvalue weighted by Gasteiger charge is 2.54. The molecule has 4 rings (SSSR count). The van der Waals surface area contributed by atoms with E-state index in [1.54, 1.807) is 0 Å². The molecule has 0 bridgehead atoms. The molecule has 1 saturated heterocycles. The molecule has 156 valence electrons. The van der Waals surface area contributed by atoms with Crippen LogP contribution in [0.3, 0.4) is 0 Å². The monoisotopic (exact) mass is 404 g/mol. The Balaban J connectivity index is 1.73. The number of carbonyl (C=O) groups is 2. The number of hydrogen-bond acceptors (Lipinski definition) is 3. The number of rotatable bonds is 8. The first-order chi connectivity index (χ1) is 14.6. The number of nitrogens with zero attached hydrogens (tertiary/aromatic N) is 2. The molecular weight excluding hydrogens is 376 g/mol. The number of amides is 3. The zero-order chi connectivity index (χ0) is 21.1. The van der Waals surface area contributed by atoms with Crippen molar-refractivity contribution in [1.29, 1.82) is 0 Å². The van der Waals surface area contributed by atoms with Gasteiger partial charge in [0.1, 0.15) is 0 Å². The average molecular weight is 405 g/mol. The van der Waals surface area contributed by atoms with Crippen molar-refractivity contribution in [1.82, 2.24) is 20.1 Å². The van der Waals surface area contributed by atoms with E-state index in [1.807, 2.05) is 60.8 Å². The fraction of sp³-hybridized carbons (Fsp3) is 0.333. The lowest BCUT2D eigenvalue weighted by Crippen LogP contribution is -2.45. The first-order valence-electron chi connectivity index (χ1n) is 10.6. The maximum absolute atomic E-state index is 13.8. The normalized spacial score (nSPS) is 19.1. The minimum absolute atomic E-state index is 0.219.